The SMILES string of the molecule is CCC1c2ccsc2CCN1C(=O)c1ccc(OCc2c(C)noc2C)c(OC)c1. The van der Waals surface area contributed by atoms with Crippen LogP contribution in [0.15, 0.2) is 34.2 Å². The van der Waals surface area contributed by atoms with Crippen molar-refractivity contribution in [3.63, 3.8) is 0 Å². The molecule has 0 aliphatic carbocycles. The maximum Gasteiger partial charge on any atom is 0.254 e. The van der Waals surface area contributed by atoms with Crippen molar-refractivity contribution in [3.8, 4) is 11.5 Å². The van der Waals surface area contributed by atoms with Crippen molar-refractivity contribution < 1.29 is 18.8 Å². The van der Waals surface area contributed by atoms with Crippen LogP contribution in [0.1, 0.15) is 57.2 Å². The van der Waals surface area contributed by atoms with Gasteiger partial charge in [0.2, 0.25) is 0 Å². The zero-order chi connectivity index (χ0) is 21.3. The molecule has 1 aliphatic heterocycles. The van der Waals surface area contributed by atoms with E-state index in [1.165, 1.54) is 10.4 Å². The summed E-state index contributed by atoms with van der Waals surface area (Å²) in [5.74, 6) is 1.88. The van der Waals surface area contributed by atoms with Crippen LogP contribution in [0, 0.1) is 13.8 Å². The molecule has 3 heterocycles. The lowest BCUT2D eigenvalue weighted by atomic mass is 9.97. The first-order chi connectivity index (χ1) is 14.5. The van der Waals surface area contributed by atoms with Crippen molar-refractivity contribution in [3.05, 3.63) is 62.7 Å². The van der Waals surface area contributed by atoms with Gasteiger partial charge in [0.25, 0.3) is 5.91 Å². The molecule has 7 heteroatoms. The highest BCUT2D eigenvalue weighted by molar-refractivity contribution is 7.10. The molecule has 158 valence electrons. The molecule has 0 saturated heterocycles. The molecule has 0 saturated carbocycles. The Morgan fingerprint density at radius 3 is 2.83 bits per heavy atom. The van der Waals surface area contributed by atoms with Crippen molar-refractivity contribution in [2.45, 2.75) is 46.3 Å². The predicted molar refractivity (Wildman–Crippen MR) is 115 cm³/mol. The van der Waals surface area contributed by atoms with E-state index >= 15 is 0 Å². The Hall–Kier alpha value is -2.80. The first-order valence-corrected chi connectivity index (χ1v) is 11.0. The molecule has 1 atom stereocenters. The molecule has 30 heavy (non-hydrogen) atoms. The van der Waals surface area contributed by atoms with E-state index in [0.29, 0.717) is 23.7 Å². The molecule has 3 aromatic rings. The minimum absolute atomic E-state index is 0.0225. The quantitative estimate of drug-likeness (QED) is 0.549. The fourth-order valence-corrected chi connectivity index (χ4v) is 4.95. The maximum atomic E-state index is 13.3. The summed E-state index contributed by atoms with van der Waals surface area (Å²) in [6.45, 7) is 6.94. The van der Waals surface area contributed by atoms with Crippen LogP contribution in [-0.2, 0) is 13.0 Å². The number of nitrogens with zero attached hydrogens (tertiary/aromatic N) is 2. The number of aryl methyl sites for hydroxylation is 2. The Kier molecular flexibility index (Phi) is 5.81. The number of rotatable bonds is 6. The average Bonchev–Trinajstić information content (AvgIpc) is 3.37. The minimum atomic E-state index is 0.0225. The van der Waals surface area contributed by atoms with Crippen molar-refractivity contribution in [2.75, 3.05) is 13.7 Å². The topological polar surface area (TPSA) is 64.8 Å². The zero-order valence-corrected chi connectivity index (χ0v) is 18.5. The molecule has 0 radical (unpaired) electrons. The smallest absolute Gasteiger partial charge is 0.254 e. The Labute approximate surface area is 180 Å². The number of hydrogen-bond donors (Lipinski definition) is 0. The summed E-state index contributed by atoms with van der Waals surface area (Å²) in [6, 6.07) is 7.64. The van der Waals surface area contributed by atoms with E-state index in [-0.39, 0.29) is 11.9 Å². The summed E-state index contributed by atoms with van der Waals surface area (Å²) in [5.41, 5.74) is 3.62. The lowest BCUT2D eigenvalue weighted by molar-refractivity contribution is 0.0657. The average molecular weight is 427 g/mol. The molecule has 4 rings (SSSR count). The highest BCUT2D eigenvalue weighted by Crippen LogP contribution is 2.37. The Morgan fingerprint density at radius 2 is 2.13 bits per heavy atom. The molecule has 1 unspecified atom stereocenters. The van der Waals surface area contributed by atoms with E-state index in [9.17, 15) is 4.79 Å². The van der Waals surface area contributed by atoms with Gasteiger partial charge in [0.1, 0.15) is 12.4 Å². The van der Waals surface area contributed by atoms with E-state index in [1.807, 2.05) is 24.8 Å². The summed E-state index contributed by atoms with van der Waals surface area (Å²) < 4.78 is 16.6. The van der Waals surface area contributed by atoms with Crippen LogP contribution in [0.3, 0.4) is 0 Å². The van der Waals surface area contributed by atoms with Crippen LogP contribution in [0.2, 0.25) is 0 Å². The second-order valence-electron chi connectivity index (χ2n) is 7.43. The van der Waals surface area contributed by atoms with Gasteiger partial charge in [0, 0.05) is 17.0 Å². The number of carbonyl (C=O) groups is 1. The molecule has 0 fully saturated rings. The summed E-state index contributed by atoms with van der Waals surface area (Å²) in [6.07, 6.45) is 1.80. The summed E-state index contributed by atoms with van der Waals surface area (Å²) in [5, 5.41) is 6.07. The van der Waals surface area contributed by atoms with Gasteiger partial charge < -0.3 is 18.9 Å². The standard InChI is InChI=1S/C23H26N2O4S/c1-5-19-17-9-11-30-22(17)8-10-25(19)23(26)16-6-7-20(21(12-16)27-4)28-13-18-14(2)24-29-15(18)3/h6-7,9,11-12,19H,5,8,10,13H2,1-4H3. The van der Waals surface area contributed by atoms with Gasteiger partial charge in [-0.1, -0.05) is 12.1 Å². The van der Waals surface area contributed by atoms with Crippen LogP contribution in [0.5, 0.6) is 11.5 Å². The second-order valence-corrected chi connectivity index (χ2v) is 8.43. The molecule has 1 amide bonds. The Balaban J connectivity index is 1.54. The Morgan fingerprint density at radius 1 is 1.30 bits per heavy atom. The largest absolute Gasteiger partial charge is 0.493 e. The van der Waals surface area contributed by atoms with E-state index in [2.05, 4.69) is 23.5 Å². The zero-order valence-electron chi connectivity index (χ0n) is 17.7. The number of ether oxygens (including phenoxy) is 2. The molecule has 0 N–H and O–H groups in total. The number of hydrogen-bond acceptors (Lipinski definition) is 6. The number of amides is 1. The molecule has 6 nitrogen and oxygen atoms in total. The number of carbonyl (C=O) groups excluding carboxylic acids is 1. The highest BCUT2D eigenvalue weighted by atomic mass is 32.1. The number of benzene rings is 1. The van der Waals surface area contributed by atoms with Gasteiger partial charge in [0.05, 0.1) is 24.4 Å². The third kappa shape index (κ3) is 3.69. The Bertz CT molecular complexity index is 1040. The monoisotopic (exact) mass is 426 g/mol. The lowest BCUT2D eigenvalue weighted by Crippen LogP contribution is -2.39. The molecule has 1 aliphatic rings. The van der Waals surface area contributed by atoms with Crippen LogP contribution in [0.25, 0.3) is 0 Å². The first kappa shape index (κ1) is 20.5. The molecular formula is C23H26N2O4S. The number of fused-ring (bicyclic) bond motifs is 1. The molecule has 1 aromatic carbocycles. The van der Waals surface area contributed by atoms with Gasteiger partial charge in [-0.2, -0.15) is 0 Å². The summed E-state index contributed by atoms with van der Waals surface area (Å²) >= 11 is 1.78. The summed E-state index contributed by atoms with van der Waals surface area (Å²) in [4.78, 5) is 16.7. The number of aromatic nitrogens is 1. The molecule has 0 spiro atoms. The first-order valence-electron chi connectivity index (χ1n) is 10.1. The minimum Gasteiger partial charge on any atom is -0.493 e. The lowest BCUT2D eigenvalue weighted by Gasteiger charge is -2.35. The van der Waals surface area contributed by atoms with Gasteiger partial charge >= 0.3 is 0 Å². The number of methoxy groups -OCH3 is 1. The van der Waals surface area contributed by atoms with Crippen molar-refractivity contribution in [1.29, 1.82) is 0 Å². The van der Waals surface area contributed by atoms with Gasteiger partial charge in [-0.3, -0.25) is 4.79 Å². The van der Waals surface area contributed by atoms with Gasteiger partial charge in [0.15, 0.2) is 11.5 Å². The van der Waals surface area contributed by atoms with Crippen LogP contribution >= 0.6 is 11.3 Å². The van der Waals surface area contributed by atoms with Crippen molar-refractivity contribution >= 4 is 17.2 Å². The normalized spacial score (nSPS) is 15.7. The fourth-order valence-electron chi connectivity index (χ4n) is 4.02. The molecule has 0 bridgehead atoms. The van der Waals surface area contributed by atoms with Crippen molar-refractivity contribution in [1.82, 2.24) is 10.1 Å². The van der Waals surface area contributed by atoms with Crippen LogP contribution in [-0.4, -0.2) is 29.6 Å². The predicted octanol–water partition coefficient (Wildman–Crippen LogP) is 5.09. The van der Waals surface area contributed by atoms with Crippen LogP contribution < -0.4 is 9.47 Å². The van der Waals surface area contributed by atoms with Gasteiger partial charge in [-0.15, -0.1) is 11.3 Å². The number of thiophene rings is 1. The fraction of sp³-hybridized carbons (Fsp3) is 0.391. The highest BCUT2D eigenvalue weighted by Gasteiger charge is 2.31. The van der Waals surface area contributed by atoms with E-state index in [0.717, 1.165) is 36.4 Å². The van der Waals surface area contributed by atoms with Gasteiger partial charge in [-0.25, -0.2) is 0 Å². The summed E-state index contributed by atoms with van der Waals surface area (Å²) in [7, 11) is 1.58. The van der Waals surface area contributed by atoms with E-state index < -0.39 is 0 Å². The maximum absolute atomic E-state index is 13.3. The van der Waals surface area contributed by atoms with E-state index in [4.69, 9.17) is 14.0 Å². The molecule has 2 aromatic heterocycles. The van der Waals surface area contributed by atoms with Crippen LogP contribution in [0.4, 0.5) is 0 Å². The third-order valence-corrected chi connectivity index (χ3v) is 6.70. The third-order valence-electron chi connectivity index (χ3n) is 5.71. The second kappa shape index (κ2) is 8.52. The molecular weight excluding hydrogens is 400 g/mol. The van der Waals surface area contributed by atoms with Gasteiger partial charge in [-0.05, 0) is 61.9 Å². The van der Waals surface area contributed by atoms with E-state index in [1.54, 1.807) is 30.6 Å². The van der Waals surface area contributed by atoms with Crippen molar-refractivity contribution in [2.24, 2.45) is 0 Å².